The summed E-state index contributed by atoms with van der Waals surface area (Å²) in [6.07, 6.45) is 3.84. The van der Waals surface area contributed by atoms with Crippen molar-refractivity contribution in [2.45, 2.75) is 25.7 Å². The normalized spacial score (nSPS) is 18.6. The van der Waals surface area contributed by atoms with Crippen LogP contribution in [0.25, 0.3) is 5.69 Å². The van der Waals surface area contributed by atoms with Crippen molar-refractivity contribution in [1.29, 1.82) is 0 Å². The lowest BCUT2D eigenvalue weighted by Gasteiger charge is -2.18. The second-order valence-electron chi connectivity index (χ2n) is 6.52. The van der Waals surface area contributed by atoms with Gasteiger partial charge < -0.3 is 5.21 Å². The monoisotopic (exact) mass is 432 g/mol. The van der Waals surface area contributed by atoms with Crippen molar-refractivity contribution in [2.75, 3.05) is 23.0 Å². The molecule has 2 heterocycles. The molecule has 0 saturated heterocycles. The number of halogens is 3. The summed E-state index contributed by atoms with van der Waals surface area (Å²) in [5, 5.41) is 15.8. The zero-order chi connectivity index (χ0) is 20.5. The number of nitrogens with zero attached hydrogens (tertiary/aromatic N) is 4. The maximum Gasteiger partial charge on any atom is 0.252 e. The van der Waals surface area contributed by atoms with Crippen molar-refractivity contribution in [3.8, 4) is 5.69 Å². The lowest BCUT2D eigenvalue weighted by atomic mass is 10.4. The van der Waals surface area contributed by atoms with Crippen molar-refractivity contribution in [1.82, 2.24) is 9.78 Å². The van der Waals surface area contributed by atoms with E-state index >= 15 is 0 Å². The predicted molar refractivity (Wildman–Crippen MR) is 101 cm³/mol. The number of pyridine rings is 1. The van der Waals surface area contributed by atoms with Gasteiger partial charge in [-0.2, -0.15) is 4.73 Å². The van der Waals surface area contributed by atoms with Gasteiger partial charge in [-0.05, 0) is 6.92 Å². The van der Waals surface area contributed by atoms with E-state index in [1.54, 1.807) is 19.2 Å². The predicted octanol–water partition coefficient (Wildman–Crippen LogP) is 2.31. The Morgan fingerprint density at radius 3 is 2.86 bits per heavy atom. The lowest BCUT2D eigenvalue weighted by molar-refractivity contribution is -0.605. The van der Waals surface area contributed by atoms with Gasteiger partial charge in [0, 0.05) is 65.9 Å². The molecular formula is C17H19ClF2N4O3S. The van der Waals surface area contributed by atoms with Gasteiger partial charge in [-0.1, -0.05) is 11.6 Å². The second-order valence-corrected chi connectivity index (χ2v) is 8.55. The van der Waals surface area contributed by atoms with E-state index in [4.69, 9.17) is 11.6 Å². The molecule has 1 saturated carbocycles. The van der Waals surface area contributed by atoms with Gasteiger partial charge in [-0.25, -0.2) is 13.5 Å². The quantitative estimate of drug-likeness (QED) is 0.473. The Morgan fingerprint density at radius 1 is 1.54 bits per heavy atom. The highest BCUT2D eigenvalue weighted by molar-refractivity contribution is 7.85. The summed E-state index contributed by atoms with van der Waals surface area (Å²) in [4.78, 5) is 13.9. The van der Waals surface area contributed by atoms with Crippen molar-refractivity contribution >= 4 is 34.1 Å². The average molecular weight is 433 g/mol. The van der Waals surface area contributed by atoms with Crippen LogP contribution in [0.4, 0.5) is 14.6 Å². The number of rotatable bonds is 8. The Hall–Kier alpha value is -2.07. The van der Waals surface area contributed by atoms with E-state index in [9.17, 15) is 23.0 Å². The summed E-state index contributed by atoms with van der Waals surface area (Å²) in [6.45, 7) is 2.11. The minimum Gasteiger partial charge on any atom is -0.619 e. The van der Waals surface area contributed by atoms with Crippen molar-refractivity contribution in [3.05, 3.63) is 41.0 Å². The van der Waals surface area contributed by atoms with Gasteiger partial charge in [-0.15, -0.1) is 5.10 Å². The molecule has 152 valence electrons. The molecule has 0 bridgehead atoms. The summed E-state index contributed by atoms with van der Waals surface area (Å²) < 4.78 is 39.8. The van der Waals surface area contributed by atoms with E-state index in [0.717, 1.165) is 0 Å². The summed E-state index contributed by atoms with van der Waals surface area (Å²) in [5.74, 6) is -3.48. The highest BCUT2D eigenvalue weighted by Crippen LogP contribution is 2.48. The van der Waals surface area contributed by atoms with Crippen molar-refractivity contribution in [2.24, 2.45) is 5.92 Å². The highest BCUT2D eigenvalue weighted by Gasteiger charge is 2.57. The zero-order valence-corrected chi connectivity index (χ0v) is 16.6. The summed E-state index contributed by atoms with van der Waals surface area (Å²) >= 11 is 6.05. The Morgan fingerprint density at radius 2 is 2.25 bits per heavy atom. The maximum atomic E-state index is 12.9. The molecule has 2 atom stereocenters. The molecule has 1 aliphatic carbocycles. The molecule has 3 rings (SSSR count). The SMILES string of the molecule is CCN(C(=O)CCS(=O)CC1CC1(F)F)c1ccn(-c2cc[n+]([O-])cc2Cl)n1. The minimum atomic E-state index is -2.70. The maximum absolute atomic E-state index is 12.9. The molecule has 0 aliphatic heterocycles. The van der Waals surface area contributed by atoms with Crippen LogP contribution in [0.2, 0.25) is 5.02 Å². The average Bonchev–Trinajstić information content (AvgIpc) is 3.01. The van der Waals surface area contributed by atoms with Crippen LogP contribution >= 0.6 is 11.6 Å². The van der Waals surface area contributed by atoms with Crippen LogP contribution in [0.15, 0.2) is 30.7 Å². The van der Waals surface area contributed by atoms with Crippen LogP contribution < -0.4 is 9.63 Å². The van der Waals surface area contributed by atoms with Gasteiger partial charge in [0.05, 0.1) is 5.69 Å². The second kappa shape index (κ2) is 8.12. The molecule has 1 aliphatic rings. The fourth-order valence-electron chi connectivity index (χ4n) is 2.78. The molecule has 1 amide bonds. The first kappa shape index (κ1) is 20.7. The van der Waals surface area contributed by atoms with Gasteiger partial charge in [0.1, 0.15) is 5.02 Å². The number of carbonyl (C=O) groups excluding carboxylic acids is 1. The third-order valence-electron chi connectivity index (χ3n) is 4.47. The Labute approximate surface area is 167 Å². The van der Waals surface area contributed by atoms with E-state index in [2.05, 4.69) is 5.10 Å². The highest BCUT2D eigenvalue weighted by atomic mass is 35.5. The summed E-state index contributed by atoms with van der Waals surface area (Å²) in [7, 11) is -1.46. The number of amides is 1. The van der Waals surface area contributed by atoms with Crippen LogP contribution in [-0.2, 0) is 15.6 Å². The number of anilines is 1. The topological polar surface area (TPSA) is 82.1 Å². The number of hydrogen-bond acceptors (Lipinski definition) is 4. The number of alkyl halides is 2. The van der Waals surface area contributed by atoms with E-state index in [1.807, 2.05) is 0 Å². The van der Waals surface area contributed by atoms with E-state index in [0.29, 0.717) is 22.8 Å². The molecule has 1 fully saturated rings. The first-order valence-electron chi connectivity index (χ1n) is 8.68. The largest absolute Gasteiger partial charge is 0.619 e. The first-order chi connectivity index (χ1) is 13.2. The van der Waals surface area contributed by atoms with E-state index < -0.39 is 22.6 Å². The minimum absolute atomic E-state index is 0.0200. The smallest absolute Gasteiger partial charge is 0.252 e. The third-order valence-corrected chi connectivity index (χ3v) is 6.19. The van der Waals surface area contributed by atoms with Crippen LogP contribution in [0, 0.1) is 11.1 Å². The fourth-order valence-corrected chi connectivity index (χ4v) is 4.41. The molecule has 11 heteroatoms. The van der Waals surface area contributed by atoms with E-state index in [1.165, 1.54) is 28.0 Å². The van der Waals surface area contributed by atoms with Gasteiger partial charge in [0.2, 0.25) is 12.1 Å². The fraction of sp³-hybridized carbons (Fsp3) is 0.471. The molecular weight excluding hydrogens is 414 g/mol. The van der Waals surface area contributed by atoms with Crippen LogP contribution in [0.3, 0.4) is 0 Å². The molecule has 0 N–H and O–H groups in total. The molecule has 0 spiro atoms. The van der Waals surface area contributed by atoms with Gasteiger partial charge >= 0.3 is 0 Å². The third kappa shape index (κ3) is 4.67. The molecule has 2 aromatic heterocycles. The van der Waals surface area contributed by atoms with Crippen molar-refractivity contribution < 1.29 is 22.5 Å². The number of carbonyl (C=O) groups is 1. The lowest BCUT2D eigenvalue weighted by Crippen LogP contribution is -2.32. The van der Waals surface area contributed by atoms with Crippen LogP contribution in [0.1, 0.15) is 19.8 Å². The molecule has 2 aromatic rings. The standard InChI is InChI=1S/C17H19ClF2N4O3S/c1-2-23(16(25)5-8-28(27)11-12-9-17(12,19)20)15-4-7-24(21-15)14-3-6-22(26)10-13(14)18/h3-4,6-7,10,12H,2,5,8-9,11H2,1H3. The first-order valence-corrected chi connectivity index (χ1v) is 10.6. The van der Waals surface area contributed by atoms with Crippen LogP contribution in [0.5, 0.6) is 0 Å². The Kier molecular flexibility index (Phi) is 5.99. The molecule has 0 aromatic carbocycles. The Bertz CT molecular complexity index is 908. The summed E-state index contributed by atoms with van der Waals surface area (Å²) in [6, 6.07) is 3.12. The Balaban J connectivity index is 1.62. The van der Waals surface area contributed by atoms with E-state index in [-0.39, 0.29) is 35.3 Å². The molecule has 2 unspecified atom stereocenters. The zero-order valence-electron chi connectivity index (χ0n) is 15.1. The molecule has 28 heavy (non-hydrogen) atoms. The summed E-state index contributed by atoms with van der Waals surface area (Å²) in [5.41, 5.74) is 0.481. The van der Waals surface area contributed by atoms with Crippen LogP contribution in [-0.4, -0.2) is 43.9 Å². The number of aromatic nitrogens is 3. The van der Waals surface area contributed by atoms with Gasteiger partial charge in [0.25, 0.3) is 5.92 Å². The number of hydrogen-bond donors (Lipinski definition) is 0. The molecule has 0 radical (unpaired) electrons. The van der Waals surface area contributed by atoms with Gasteiger partial charge in [-0.3, -0.25) is 13.9 Å². The van der Waals surface area contributed by atoms with Gasteiger partial charge in [0.15, 0.2) is 12.0 Å². The van der Waals surface area contributed by atoms with Crippen molar-refractivity contribution in [3.63, 3.8) is 0 Å². The molecule has 7 nitrogen and oxygen atoms in total.